The quantitative estimate of drug-likeness (QED) is 0.0938. The number of halogens is 3. The number of benzene rings is 2. The number of nitrogens with zero attached hydrogens (tertiary/aromatic N) is 2. The van der Waals surface area contributed by atoms with Crippen LogP contribution in [0.25, 0.3) is 0 Å². The van der Waals surface area contributed by atoms with Crippen LogP contribution < -0.4 is 21.1 Å². The largest absolute Gasteiger partial charge is 0.491 e. The molecule has 2 aliphatic rings. The van der Waals surface area contributed by atoms with E-state index in [1.165, 1.54) is 11.8 Å². The van der Waals surface area contributed by atoms with Gasteiger partial charge < -0.3 is 49.7 Å². The third-order valence-electron chi connectivity index (χ3n) is 10.5. The van der Waals surface area contributed by atoms with Crippen molar-refractivity contribution in [3.63, 3.8) is 0 Å². The summed E-state index contributed by atoms with van der Waals surface area (Å²) in [6.45, 7) is 10.2. The van der Waals surface area contributed by atoms with Crippen LogP contribution in [0.15, 0.2) is 42.5 Å². The van der Waals surface area contributed by atoms with Gasteiger partial charge in [-0.1, -0.05) is 51.1 Å². The number of likely N-dealkylation sites (N-methyl/N-ethyl adjacent to an activating group) is 1. The zero-order valence-corrected chi connectivity index (χ0v) is 36.1. The van der Waals surface area contributed by atoms with Gasteiger partial charge in [0.25, 0.3) is 0 Å². The monoisotopic (exact) mass is 879 g/mol. The second kappa shape index (κ2) is 23.6. The normalized spacial score (nSPS) is 17.2. The number of aryl methyl sites for hydroxylation is 1. The number of alkyl halides is 3. The zero-order valence-electron chi connectivity index (χ0n) is 36.1. The number of rotatable bonds is 21. The van der Waals surface area contributed by atoms with Crippen molar-refractivity contribution in [1.29, 1.82) is 0 Å². The maximum absolute atomic E-state index is 14.8. The Hall–Kier alpha value is -4.82. The molecule has 0 radical (unpaired) electrons. The minimum atomic E-state index is -5.43. The highest BCUT2D eigenvalue weighted by atomic mass is 19.4. The third kappa shape index (κ3) is 14.6. The molecule has 0 aromatic heterocycles. The Morgan fingerprint density at radius 1 is 0.855 bits per heavy atom. The van der Waals surface area contributed by atoms with Crippen LogP contribution in [0, 0.1) is 5.41 Å². The highest BCUT2D eigenvalue weighted by Gasteiger charge is 2.45. The fourth-order valence-corrected chi connectivity index (χ4v) is 6.97. The summed E-state index contributed by atoms with van der Waals surface area (Å²) in [4.78, 5) is 68.2. The van der Waals surface area contributed by atoms with Crippen molar-refractivity contribution < 1.29 is 65.6 Å². The topological polar surface area (TPSA) is 197 Å². The molecular weight excluding hydrogens is 819 g/mol. The summed E-state index contributed by atoms with van der Waals surface area (Å²) in [5.74, 6) is -4.11. The Morgan fingerprint density at radius 3 is 2.08 bits per heavy atom. The Morgan fingerprint density at radius 2 is 1.47 bits per heavy atom. The number of carbonyl (C=O) groups is 5. The van der Waals surface area contributed by atoms with Crippen molar-refractivity contribution in [1.82, 2.24) is 20.4 Å². The first kappa shape index (κ1) is 49.8. The van der Waals surface area contributed by atoms with Gasteiger partial charge in [-0.2, -0.15) is 13.2 Å². The molecule has 4 N–H and O–H groups in total. The van der Waals surface area contributed by atoms with E-state index in [0.717, 1.165) is 42.1 Å². The van der Waals surface area contributed by atoms with Gasteiger partial charge in [0.05, 0.1) is 58.9 Å². The van der Waals surface area contributed by atoms with Gasteiger partial charge in [0, 0.05) is 26.6 Å². The number of nitrogens with one attached hydrogen (secondary N) is 2. The number of amides is 4. The van der Waals surface area contributed by atoms with Crippen molar-refractivity contribution in [3.8, 4) is 5.75 Å². The number of fused-ring (bicyclic) bond motifs is 2. The summed E-state index contributed by atoms with van der Waals surface area (Å²) in [6, 6.07) is 9.31. The van der Waals surface area contributed by atoms with Gasteiger partial charge in [-0.3, -0.25) is 19.3 Å². The second-order valence-electron chi connectivity index (χ2n) is 16.1. The summed E-state index contributed by atoms with van der Waals surface area (Å²) in [5.41, 5.74) is 8.10. The lowest BCUT2D eigenvalue weighted by Gasteiger charge is -2.42. The van der Waals surface area contributed by atoms with Crippen LogP contribution >= 0.6 is 0 Å². The smallest absolute Gasteiger partial charge is 0.491 e. The molecule has 0 saturated heterocycles. The van der Waals surface area contributed by atoms with Gasteiger partial charge in [0.15, 0.2) is 0 Å². The van der Waals surface area contributed by atoms with Crippen LogP contribution in [0.1, 0.15) is 68.8 Å². The summed E-state index contributed by atoms with van der Waals surface area (Å²) < 4.78 is 69.9. The molecule has 0 unspecified atom stereocenters. The molecule has 344 valence electrons. The van der Waals surface area contributed by atoms with Crippen LogP contribution in [-0.4, -0.2) is 137 Å². The van der Waals surface area contributed by atoms with Crippen molar-refractivity contribution in [2.45, 2.75) is 90.3 Å². The average Bonchev–Trinajstić information content (AvgIpc) is 3.23. The lowest BCUT2D eigenvalue weighted by Crippen LogP contribution is -2.62. The van der Waals surface area contributed by atoms with Crippen LogP contribution in [0.4, 0.5) is 18.0 Å². The highest BCUT2D eigenvalue weighted by Crippen LogP contribution is 2.33. The van der Waals surface area contributed by atoms with E-state index in [1.54, 1.807) is 32.9 Å². The van der Waals surface area contributed by atoms with Gasteiger partial charge in [0.2, 0.25) is 17.7 Å². The molecule has 2 aromatic rings. The van der Waals surface area contributed by atoms with Crippen molar-refractivity contribution >= 4 is 29.8 Å². The van der Waals surface area contributed by atoms with Crippen LogP contribution in [0.5, 0.6) is 5.75 Å². The maximum Gasteiger partial charge on any atom is 0.491 e. The molecule has 4 atom stereocenters. The molecule has 0 bridgehead atoms. The lowest BCUT2D eigenvalue weighted by atomic mass is 9.83. The molecular formula is C43H60F3N5O11. The SMILES string of the molecule is C[C@@H](C(=O)N[C@H](C(=O)N1Cc2cc(OCCOCCOCCOCCOCCN)ccc2C[C@H]1C(=O)N[C@@H]1CCCc2ccccc21)C(C)(C)C)N(C)C(=O)OC(=O)C(F)(F)F. The third-order valence-corrected chi connectivity index (χ3v) is 10.5. The molecule has 62 heavy (non-hydrogen) atoms. The van der Waals surface area contributed by atoms with Gasteiger partial charge in [-0.25, -0.2) is 9.59 Å². The summed E-state index contributed by atoms with van der Waals surface area (Å²) in [7, 11) is 0.985. The van der Waals surface area contributed by atoms with E-state index < -0.39 is 53.6 Å². The lowest BCUT2D eigenvalue weighted by molar-refractivity contribution is -0.193. The van der Waals surface area contributed by atoms with Crippen LogP contribution in [-0.2, 0) is 62.2 Å². The summed E-state index contributed by atoms with van der Waals surface area (Å²) in [6.07, 6.45) is -4.53. The number of hydrogen-bond acceptors (Lipinski definition) is 12. The number of ether oxygens (including phenoxy) is 6. The molecule has 4 rings (SSSR count). The van der Waals surface area contributed by atoms with E-state index >= 15 is 0 Å². The fourth-order valence-electron chi connectivity index (χ4n) is 6.97. The Labute approximate surface area is 360 Å². The highest BCUT2D eigenvalue weighted by molar-refractivity contribution is 5.95. The number of nitrogens with two attached hydrogens (primary N) is 1. The average molecular weight is 880 g/mol. The Kier molecular flexibility index (Phi) is 18.9. The molecule has 2 aromatic carbocycles. The predicted molar refractivity (Wildman–Crippen MR) is 219 cm³/mol. The number of carbonyl (C=O) groups excluding carboxylic acids is 5. The first-order valence-electron chi connectivity index (χ1n) is 20.7. The minimum absolute atomic E-state index is 0.0211. The molecule has 0 spiro atoms. The molecule has 16 nitrogen and oxygen atoms in total. The molecule has 1 aliphatic heterocycles. The predicted octanol–water partition coefficient (Wildman–Crippen LogP) is 3.61. The zero-order chi connectivity index (χ0) is 45.5. The molecule has 1 heterocycles. The van der Waals surface area contributed by atoms with Crippen molar-refractivity contribution in [3.05, 3.63) is 64.7 Å². The van der Waals surface area contributed by atoms with E-state index in [1.807, 2.05) is 30.3 Å². The first-order valence-corrected chi connectivity index (χ1v) is 20.7. The van der Waals surface area contributed by atoms with Gasteiger partial charge in [0.1, 0.15) is 30.5 Å². The first-order chi connectivity index (χ1) is 29.4. The molecule has 19 heteroatoms. The fraction of sp³-hybridized carbons (Fsp3) is 0.605. The van der Waals surface area contributed by atoms with E-state index in [2.05, 4.69) is 15.4 Å². The maximum atomic E-state index is 14.8. The van der Waals surface area contributed by atoms with Crippen LogP contribution in [0.2, 0.25) is 0 Å². The molecule has 4 amide bonds. The minimum Gasteiger partial charge on any atom is -0.491 e. The van der Waals surface area contributed by atoms with E-state index in [-0.39, 0.29) is 38.1 Å². The van der Waals surface area contributed by atoms with E-state index in [4.69, 9.17) is 29.4 Å². The summed E-state index contributed by atoms with van der Waals surface area (Å²) >= 11 is 0. The van der Waals surface area contributed by atoms with E-state index in [0.29, 0.717) is 69.9 Å². The van der Waals surface area contributed by atoms with Gasteiger partial charge >= 0.3 is 18.2 Å². The van der Waals surface area contributed by atoms with Crippen molar-refractivity contribution in [2.75, 3.05) is 73.1 Å². The number of hydrogen-bond donors (Lipinski definition) is 3. The second-order valence-corrected chi connectivity index (χ2v) is 16.1. The molecule has 1 aliphatic carbocycles. The number of esters is 1. The van der Waals surface area contributed by atoms with Gasteiger partial charge in [-0.15, -0.1) is 0 Å². The summed E-state index contributed by atoms with van der Waals surface area (Å²) in [5, 5.41) is 5.84. The van der Waals surface area contributed by atoms with Gasteiger partial charge in [-0.05, 0) is 66.0 Å². The standard InChI is InChI=1S/C43H60F3N5O11/c1-28(50(5)41(56)62-40(55)43(44,45)46)37(52)49-36(42(2,3)4)39(54)51-27-31-25-32(61-24-23-60-22-21-59-20-19-58-18-17-57-16-15-47)14-13-30(31)26-35(51)38(53)48-34-12-8-10-29-9-6-7-11-33(29)34/h6-7,9,11,13-14,25,28,34-36H,8,10,12,15-24,26-27,47H2,1-5H3,(H,48,53)(H,49,52)/t28-,34+,35-,36+/m0/s1. The Balaban J connectivity index is 1.45. The van der Waals surface area contributed by atoms with Crippen LogP contribution in [0.3, 0.4) is 0 Å². The van der Waals surface area contributed by atoms with E-state index in [9.17, 15) is 37.1 Å². The molecule has 0 fully saturated rings. The van der Waals surface area contributed by atoms with Crippen molar-refractivity contribution in [2.24, 2.45) is 11.1 Å². The molecule has 0 saturated carbocycles. The Bertz CT molecular complexity index is 1830.